The molecule has 6 heteroatoms. The summed E-state index contributed by atoms with van der Waals surface area (Å²) in [4.78, 5) is 25.2. The molecule has 0 aliphatic carbocycles. The van der Waals surface area contributed by atoms with Crippen molar-refractivity contribution in [1.29, 1.82) is 0 Å². The standard InChI is InChI=1S/C25H27NO4S/c1-5-18-8-10-19(11-9-18)21-15-31-24(23(21)25(28)29-6-2)26-22(27)14-30-20-12-7-16(3)17(4)13-20/h7-13,15H,5-6,14H2,1-4H3,(H,26,27). The zero-order valence-electron chi connectivity index (χ0n) is 18.3. The lowest BCUT2D eigenvalue weighted by Crippen LogP contribution is -2.21. The third kappa shape index (κ3) is 5.52. The molecule has 0 saturated heterocycles. The minimum atomic E-state index is -0.455. The number of thiophene rings is 1. The normalized spacial score (nSPS) is 10.6. The first-order valence-corrected chi connectivity index (χ1v) is 11.2. The van der Waals surface area contributed by atoms with Gasteiger partial charge in [-0.15, -0.1) is 11.3 Å². The van der Waals surface area contributed by atoms with Crippen LogP contribution in [0, 0.1) is 13.8 Å². The second-order valence-electron chi connectivity index (χ2n) is 7.21. The van der Waals surface area contributed by atoms with Crippen LogP contribution in [0.25, 0.3) is 11.1 Å². The van der Waals surface area contributed by atoms with Crippen LogP contribution in [-0.2, 0) is 16.0 Å². The van der Waals surface area contributed by atoms with Crippen LogP contribution in [0.1, 0.15) is 40.9 Å². The van der Waals surface area contributed by atoms with Crippen molar-refractivity contribution in [1.82, 2.24) is 0 Å². The van der Waals surface area contributed by atoms with Crippen LogP contribution in [0.2, 0.25) is 0 Å². The van der Waals surface area contributed by atoms with Crippen molar-refractivity contribution in [3.8, 4) is 16.9 Å². The molecule has 0 aliphatic heterocycles. The Morgan fingerprint density at radius 3 is 2.39 bits per heavy atom. The summed E-state index contributed by atoms with van der Waals surface area (Å²) in [5, 5.41) is 5.14. The molecular formula is C25H27NO4S. The molecule has 1 N–H and O–H groups in total. The largest absolute Gasteiger partial charge is 0.484 e. The summed E-state index contributed by atoms with van der Waals surface area (Å²) in [6.07, 6.45) is 0.941. The monoisotopic (exact) mass is 437 g/mol. The minimum Gasteiger partial charge on any atom is -0.484 e. The number of carbonyl (C=O) groups excluding carboxylic acids is 2. The van der Waals surface area contributed by atoms with Gasteiger partial charge in [0.2, 0.25) is 0 Å². The summed E-state index contributed by atoms with van der Waals surface area (Å²) in [5.41, 5.74) is 5.50. The number of esters is 1. The smallest absolute Gasteiger partial charge is 0.341 e. The molecule has 0 atom stereocenters. The predicted molar refractivity (Wildman–Crippen MR) is 125 cm³/mol. The average molecular weight is 438 g/mol. The number of benzene rings is 2. The Labute approximate surface area is 187 Å². The molecule has 0 aliphatic rings. The fourth-order valence-corrected chi connectivity index (χ4v) is 4.08. The van der Waals surface area contributed by atoms with Crippen LogP contribution < -0.4 is 10.1 Å². The van der Waals surface area contributed by atoms with Crippen molar-refractivity contribution in [2.45, 2.75) is 34.1 Å². The molecular weight excluding hydrogens is 410 g/mol. The van der Waals surface area contributed by atoms with E-state index in [1.54, 1.807) is 6.92 Å². The molecule has 0 spiro atoms. The molecule has 0 radical (unpaired) electrons. The highest BCUT2D eigenvalue weighted by atomic mass is 32.1. The number of amides is 1. The van der Waals surface area contributed by atoms with Crippen LogP contribution in [-0.4, -0.2) is 25.1 Å². The highest BCUT2D eigenvalue weighted by Gasteiger charge is 2.23. The fourth-order valence-electron chi connectivity index (χ4n) is 3.10. The first-order valence-electron chi connectivity index (χ1n) is 10.3. The highest BCUT2D eigenvalue weighted by molar-refractivity contribution is 7.15. The summed E-state index contributed by atoms with van der Waals surface area (Å²) in [7, 11) is 0. The van der Waals surface area contributed by atoms with E-state index in [0.29, 0.717) is 16.3 Å². The summed E-state index contributed by atoms with van der Waals surface area (Å²) in [5.74, 6) is -0.158. The molecule has 0 fully saturated rings. The van der Waals surface area contributed by atoms with Gasteiger partial charge in [0.15, 0.2) is 6.61 Å². The van der Waals surface area contributed by atoms with Gasteiger partial charge < -0.3 is 14.8 Å². The van der Waals surface area contributed by atoms with E-state index < -0.39 is 5.97 Å². The van der Waals surface area contributed by atoms with Crippen molar-refractivity contribution in [3.05, 3.63) is 70.1 Å². The number of aryl methyl sites for hydroxylation is 3. The lowest BCUT2D eigenvalue weighted by atomic mass is 10.0. The highest BCUT2D eigenvalue weighted by Crippen LogP contribution is 2.36. The Hall–Kier alpha value is -3.12. The predicted octanol–water partition coefficient (Wildman–Crippen LogP) is 5.79. The Morgan fingerprint density at radius 2 is 1.74 bits per heavy atom. The Morgan fingerprint density at radius 1 is 1.00 bits per heavy atom. The second-order valence-corrected chi connectivity index (χ2v) is 8.09. The summed E-state index contributed by atoms with van der Waals surface area (Å²) < 4.78 is 10.9. The quantitative estimate of drug-likeness (QED) is 0.453. The van der Waals surface area contributed by atoms with Crippen molar-refractivity contribution in [2.75, 3.05) is 18.5 Å². The van der Waals surface area contributed by atoms with Gasteiger partial charge in [0.1, 0.15) is 16.3 Å². The number of carbonyl (C=O) groups is 2. The Balaban J connectivity index is 1.79. The number of hydrogen-bond acceptors (Lipinski definition) is 5. The molecule has 1 aromatic heterocycles. The zero-order valence-corrected chi connectivity index (χ0v) is 19.1. The van der Waals surface area contributed by atoms with E-state index in [2.05, 4.69) is 12.2 Å². The summed E-state index contributed by atoms with van der Waals surface area (Å²) in [6, 6.07) is 13.7. The number of nitrogens with one attached hydrogen (secondary N) is 1. The molecule has 0 unspecified atom stereocenters. The second kappa shape index (κ2) is 10.3. The molecule has 162 valence electrons. The Bertz CT molecular complexity index is 1070. The van der Waals surface area contributed by atoms with E-state index in [-0.39, 0.29) is 19.1 Å². The average Bonchev–Trinajstić information content (AvgIpc) is 3.18. The lowest BCUT2D eigenvalue weighted by Gasteiger charge is -2.10. The molecule has 3 rings (SSSR count). The number of ether oxygens (including phenoxy) is 2. The van der Waals surface area contributed by atoms with Crippen molar-refractivity contribution >= 4 is 28.2 Å². The first kappa shape index (κ1) is 22.6. The lowest BCUT2D eigenvalue weighted by molar-refractivity contribution is -0.118. The third-order valence-electron chi connectivity index (χ3n) is 5.05. The molecule has 31 heavy (non-hydrogen) atoms. The van der Waals surface area contributed by atoms with Gasteiger partial charge in [0.05, 0.1) is 6.61 Å². The summed E-state index contributed by atoms with van der Waals surface area (Å²) >= 11 is 1.30. The van der Waals surface area contributed by atoms with Gasteiger partial charge >= 0.3 is 5.97 Å². The fraction of sp³-hybridized carbons (Fsp3) is 0.280. The van der Waals surface area contributed by atoms with E-state index in [1.807, 2.05) is 61.7 Å². The molecule has 3 aromatic rings. The van der Waals surface area contributed by atoms with E-state index >= 15 is 0 Å². The molecule has 1 heterocycles. The van der Waals surface area contributed by atoms with Gasteiger partial charge in [-0.2, -0.15) is 0 Å². The van der Waals surface area contributed by atoms with Crippen LogP contribution in [0.4, 0.5) is 5.00 Å². The molecule has 2 aromatic carbocycles. The van der Waals surface area contributed by atoms with E-state index in [0.717, 1.165) is 28.7 Å². The SMILES string of the molecule is CCOC(=O)c1c(-c2ccc(CC)cc2)csc1NC(=O)COc1ccc(C)c(C)c1. The zero-order chi connectivity index (χ0) is 22.4. The summed E-state index contributed by atoms with van der Waals surface area (Å²) in [6.45, 7) is 7.98. The molecule has 0 saturated carbocycles. The third-order valence-corrected chi connectivity index (χ3v) is 5.94. The van der Waals surface area contributed by atoms with Crippen molar-refractivity contribution < 1.29 is 19.1 Å². The van der Waals surface area contributed by atoms with Gasteiger partial charge in [-0.1, -0.05) is 37.3 Å². The molecule has 5 nitrogen and oxygen atoms in total. The molecule has 0 bridgehead atoms. The topological polar surface area (TPSA) is 64.6 Å². The van der Waals surface area contributed by atoms with Crippen molar-refractivity contribution in [2.24, 2.45) is 0 Å². The number of hydrogen-bond donors (Lipinski definition) is 1. The van der Waals surface area contributed by atoms with Gasteiger partial charge in [0.25, 0.3) is 5.91 Å². The maximum Gasteiger partial charge on any atom is 0.341 e. The maximum atomic E-state index is 12.7. The van der Waals surface area contributed by atoms with Gasteiger partial charge in [-0.05, 0) is 61.6 Å². The van der Waals surface area contributed by atoms with Gasteiger partial charge in [0, 0.05) is 10.9 Å². The van der Waals surface area contributed by atoms with Crippen LogP contribution in [0.15, 0.2) is 47.8 Å². The Kier molecular flexibility index (Phi) is 7.47. The van der Waals surface area contributed by atoms with Crippen molar-refractivity contribution in [3.63, 3.8) is 0 Å². The van der Waals surface area contributed by atoms with Gasteiger partial charge in [-0.3, -0.25) is 4.79 Å². The van der Waals surface area contributed by atoms with Crippen LogP contribution >= 0.6 is 11.3 Å². The minimum absolute atomic E-state index is 0.150. The number of anilines is 1. The van der Waals surface area contributed by atoms with E-state index in [9.17, 15) is 9.59 Å². The van der Waals surface area contributed by atoms with Gasteiger partial charge in [-0.25, -0.2) is 4.79 Å². The molecule has 1 amide bonds. The number of rotatable bonds is 8. The van der Waals surface area contributed by atoms with E-state index in [1.165, 1.54) is 16.9 Å². The van der Waals surface area contributed by atoms with Crippen LogP contribution in [0.5, 0.6) is 5.75 Å². The van der Waals surface area contributed by atoms with Crippen LogP contribution in [0.3, 0.4) is 0 Å². The first-order chi connectivity index (χ1) is 14.9. The van der Waals surface area contributed by atoms with E-state index in [4.69, 9.17) is 9.47 Å². The maximum absolute atomic E-state index is 12.7.